The Kier molecular flexibility index (Phi) is 6.82. The quantitative estimate of drug-likeness (QED) is 0.143. The lowest BCUT2D eigenvalue weighted by Crippen LogP contribution is -2.71. The van der Waals surface area contributed by atoms with Crippen LogP contribution in [0.3, 0.4) is 0 Å². The maximum Gasteiger partial charge on any atom is 0.278 e. The first-order valence-corrected chi connectivity index (χ1v) is 13.5. The average Bonchev–Trinajstić information content (AvgIpc) is 3.58. The van der Waals surface area contributed by atoms with E-state index in [1.165, 1.54) is 23.1 Å². The Labute approximate surface area is 220 Å². The number of fused-ring (bicyclic) bond motifs is 2. The number of carbonyl (C=O) groups is 3. The molecule has 1 saturated heterocycles. The van der Waals surface area contributed by atoms with Gasteiger partial charge in [0.05, 0.1) is 11.7 Å². The van der Waals surface area contributed by atoms with Crippen molar-refractivity contribution < 1.29 is 33.3 Å². The molecule has 0 bridgehead atoms. The van der Waals surface area contributed by atoms with E-state index in [-0.39, 0.29) is 41.3 Å². The van der Waals surface area contributed by atoms with E-state index in [0.717, 1.165) is 21.3 Å². The van der Waals surface area contributed by atoms with Crippen LogP contribution >= 0.6 is 34.6 Å². The highest BCUT2D eigenvalue weighted by molar-refractivity contribution is 8.00. The SMILES string of the molecule is CCO/N=C(\C(=O)N[C@@H]1C(=O)N2C(C(=O)[O-])=C(C[n+]3cc4scc(CF)n4c3)CS[C@H]12)c1nsc(N)n1. The van der Waals surface area contributed by atoms with Crippen molar-refractivity contribution in [2.45, 2.75) is 31.6 Å². The van der Waals surface area contributed by atoms with Crippen molar-refractivity contribution in [3.63, 3.8) is 0 Å². The number of amides is 2. The number of hydrogen-bond acceptors (Lipinski definition) is 12. The molecule has 2 amide bonds. The number of nitrogens with two attached hydrogens (primary N) is 1. The summed E-state index contributed by atoms with van der Waals surface area (Å²) in [6.45, 7) is 1.40. The van der Waals surface area contributed by atoms with Crippen LogP contribution in [-0.4, -0.2) is 65.9 Å². The minimum Gasteiger partial charge on any atom is -0.543 e. The van der Waals surface area contributed by atoms with Crippen LogP contribution < -0.4 is 20.7 Å². The Morgan fingerprint density at radius 2 is 2.27 bits per heavy atom. The number of nitrogens with zero attached hydrogens (tertiary/aromatic N) is 6. The minimum atomic E-state index is -1.50. The first-order chi connectivity index (χ1) is 17.8. The summed E-state index contributed by atoms with van der Waals surface area (Å²) in [6.07, 6.45) is 3.46. The van der Waals surface area contributed by atoms with Crippen molar-refractivity contribution in [2.24, 2.45) is 5.16 Å². The standard InChI is InChI=1S/C20H19FN8O5S3/c1-2-34-25-12(15-24-20(22)37-26-15)16(30)23-13-17(31)29-14(19(32)33)9(6-36-18(13)29)4-27-5-11-28(8-27)10(3-21)7-35-11/h5,7-8,13,18H,2-4,6H2,1H3,(H3-,22,23,24,26,30,32,33)/b25-12-/t13-,18-/m1/s1. The summed E-state index contributed by atoms with van der Waals surface area (Å²) in [7, 11) is 0. The van der Waals surface area contributed by atoms with E-state index in [2.05, 4.69) is 19.8 Å². The number of carboxylic acids is 1. The average molecular weight is 567 g/mol. The van der Waals surface area contributed by atoms with Gasteiger partial charge in [-0.15, -0.1) is 11.8 Å². The lowest BCUT2D eigenvalue weighted by atomic mass is 10.0. The number of imidazole rings is 1. The lowest BCUT2D eigenvalue weighted by molar-refractivity contribution is -0.687. The van der Waals surface area contributed by atoms with Gasteiger partial charge in [-0.3, -0.25) is 14.5 Å². The molecule has 2 atom stereocenters. The number of hydrogen-bond donors (Lipinski definition) is 2. The summed E-state index contributed by atoms with van der Waals surface area (Å²) in [4.78, 5) is 48.9. The summed E-state index contributed by atoms with van der Waals surface area (Å²) in [5, 5.41) is 19.6. The normalized spacial score (nSPS) is 19.7. The number of nitrogens with one attached hydrogen (secondary N) is 1. The molecule has 13 nitrogen and oxygen atoms in total. The van der Waals surface area contributed by atoms with E-state index in [1.807, 2.05) is 0 Å². The number of halogens is 1. The highest BCUT2D eigenvalue weighted by atomic mass is 32.2. The number of carbonyl (C=O) groups excluding carboxylic acids is 3. The molecule has 2 aliphatic heterocycles. The predicted octanol–water partition coefficient (Wildman–Crippen LogP) is -0.964. The fraction of sp³-hybridized carbons (Fsp3) is 0.350. The lowest BCUT2D eigenvalue weighted by Gasteiger charge is -2.50. The van der Waals surface area contributed by atoms with Gasteiger partial charge in [-0.05, 0) is 6.92 Å². The summed E-state index contributed by atoms with van der Waals surface area (Å²) in [6, 6.07) is -1.00. The van der Waals surface area contributed by atoms with Crippen LogP contribution in [0.1, 0.15) is 18.4 Å². The van der Waals surface area contributed by atoms with E-state index in [9.17, 15) is 23.9 Å². The number of alkyl halides is 1. The van der Waals surface area contributed by atoms with Crippen LogP contribution in [0.4, 0.5) is 9.52 Å². The highest BCUT2D eigenvalue weighted by Gasteiger charge is 2.53. The number of β-lactam (4-membered cyclic amide) rings is 1. The second-order valence-electron chi connectivity index (χ2n) is 7.90. The second-order valence-corrected chi connectivity index (χ2v) is 10.7. The van der Waals surface area contributed by atoms with Crippen molar-refractivity contribution in [3.8, 4) is 0 Å². The van der Waals surface area contributed by atoms with Gasteiger partial charge in [0.1, 0.15) is 30.8 Å². The number of nitrogen functional groups attached to an aromatic ring is 1. The van der Waals surface area contributed by atoms with Gasteiger partial charge in [0.15, 0.2) is 17.5 Å². The first-order valence-electron chi connectivity index (χ1n) is 10.8. The Morgan fingerprint density at radius 3 is 2.95 bits per heavy atom. The van der Waals surface area contributed by atoms with Crippen LogP contribution in [0.5, 0.6) is 0 Å². The van der Waals surface area contributed by atoms with Crippen molar-refractivity contribution in [3.05, 3.63) is 40.7 Å². The van der Waals surface area contributed by atoms with Crippen molar-refractivity contribution in [2.75, 3.05) is 18.1 Å². The number of thiazole rings is 1. The summed E-state index contributed by atoms with van der Waals surface area (Å²) >= 11 is 3.54. The van der Waals surface area contributed by atoms with Gasteiger partial charge in [-0.25, -0.2) is 8.96 Å². The van der Waals surface area contributed by atoms with E-state index in [4.69, 9.17) is 10.6 Å². The number of oxime groups is 1. The molecular weight excluding hydrogens is 547 g/mol. The number of thioether (sulfide) groups is 1. The van der Waals surface area contributed by atoms with E-state index < -0.39 is 35.9 Å². The Balaban J connectivity index is 1.35. The zero-order valence-electron chi connectivity index (χ0n) is 19.1. The molecule has 17 heteroatoms. The Bertz CT molecular complexity index is 1460. The molecule has 2 aliphatic rings. The molecule has 3 aromatic rings. The first kappa shape index (κ1) is 25.1. The van der Waals surface area contributed by atoms with Gasteiger partial charge in [-0.1, -0.05) is 16.5 Å². The smallest absolute Gasteiger partial charge is 0.278 e. The third-order valence-electron chi connectivity index (χ3n) is 5.59. The van der Waals surface area contributed by atoms with Crippen LogP contribution in [0.15, 0.2) is 34.3 Å². The molecular formula is C20H19FN8O5S3. The summed E-state index contributed by atoms with van der Waals surface area (Å²) in [5.41, 5.74) is 6.07. The molecule has 0 aliphatic carbocycles. The number of aromatic nitrogens is 4. The Morgan fingerprint density at radius 1 is 1.46 bits per heavy atom. The topological polar surface area (TPSA) is 171 Å². The zero-order valence-corrected chi connectivity index (χ0v) is 21.6. The molecule has 0 unspecified atom stereocenters. The number of aliphatic carboxylic acids is 1. The molecule has 37 heavy (non-hydrogen) atoms. The maximum atomic E-state index is 13.2. The van der Waals surface area contributed by atoms with Gasteiger partial charge >= 0.3 is 0 Å². The van der Waals surface area contributed by atoms with Crippen LogP contribution in [0.25, 0.3) is 4.83 Å². The summed E-state index contributed by atoms with van der Waals surface area (Å²) in [5.74, 6) is -2.63. The van der Waals surface area contributed by atoms with Gasteiger partial charge < -0.3 is 25.8 Å². The van der Waals surface area contributed by atoms with Gasteiger partial charge in [0.25, 0.3) is 11.8 Å². The Hall–Kier alpha value is -3.57. The van der Waals surface area contributed by atoms with Crippen molar-refractivity contribution in [1.29, 1.82) is 0 Å². The van der Waals surface area contributed by atoms with Gasteiger partial charge in [0.2, 0.25) is 22.7 Å². The molecule has 194 valence electrons. The van der Waals surface area contributed by atoms with Gasteiger partial charge in [-0.2, -0.15) is 13.8 Å². The van der Waals surface area contributed by atoms with Gasteiger partial charge in [0, 0.05) is 28.2 Å². The molecule has 0 spiro atoms. The summed E-state index contributed by atoms with van der Waals surface area (Å²) < 4.78 is 20.6. The van der Waals surface area contributed by atoms with Crippen LogP contribution in [0.2, 0.25) is 0 Å². The van der Waals surface area contributed by atoms with E-state index in [0.29, 0.717) is 11.3 Å². The second kappa shape index (κ2) is 10.1. The molecule has 3 N–H and O–H groups in total. The number of carboxylic acid groups (broad SMARTS) is 1. The van der Waals surface area contributed by atoms with E-state index >= 15 is 0 Å². The molecule has 0 aromatic carbocycles. The van der Waals surface area contributed by atoms with Crippen LogP contribution in [0, 0.1) is 0 Å². The number of rotatable bonds is 9. The number of anilines is 1. The third-order valence-corrected chi connectivity index (χ3v) is 8.41. The maximum absolute atomic E-state index is 13.2. The monoisotopic (exact) mass is 566 g/mol. The van der Waals surface area contributed by atoms with E-state index in [1.54, 1.807) is 33.8 Å². The zero-order chi connectivity index (χ0) is 26.3. The molecule has 5 heterocycles. The van der Waals surface area contributed by atoms with Crippen molar-refractivity contribution in [1.82, 2.24) is 24.0 Å². The largest absolute Gasteiger partial charge is 0.543 e. The fourth-order valence-electron chi connectivity index (χ4n) is 3.98. The molecule has 0 saturated carbocycles. The highest BCUT2D eigenvalue weighted by Crippen LogP contribution is 2.40. The minimum absolute atomic E-state index is 0.0496. The third kappa shape index (κ3) is 4.53. The fourth-order valence-corrected chi connectivity index (χ4v) is 6.66. The molecule has 5 rings (SSSR count). The van der Waals surface area contributed by atoms with Crippen LogP contribution in [-0.2, 0) is 32.4 Å². The molecule has 3 aromatic heterocycles. The molecule has 1 fully saturated rings. The molecule has 0 radical (unpaired) electrons. The van der Waals surface area contributed by atoms with Crippen molar-refractivity contribution >= 4 is 68.1 Å². The predicted molar refractivity (Wildman–Crippen MR) is 130 cm³/mol.